The molecule has 1 fully saturated rings. The van der Waals surface area contributed by atoms with E-state index in [-0.39, 0.29) is 11.7 Å². The highest BCUT2D eigenvalue weighted by Crippen LogP contribution is 2.32. The highest BCUT2D eigenvalue weighted by molar-refractivity contribution is 5.89. The maximum absolute atomic E-state index is 11.4. The molecule has 14 heavy (non-hydrogen) atoms. The highest BCUT2D eigenvalue weighted by atomic mass is 16.4. The van der Waals surface area contributed by atoms with Crippen molar-refractivity contribution in [2.45, 2.75) is 45.4 Å². The van der Waals surface area contributed by atoms with Crippen molar-refractivity contribution in [1.82, 2.24) is 0 Å². The topological polar surface area (TPSA) is 54.4 Å². The molecule has 1 saturated carbocycles. The summed E-state index contributed by atoms with van der Waals surface area (Å²) in [5, 5.41) is 8.91. The average molecular weight is 198 g/mol. The molecule has 0 spiro atoms. The number of Topliss-reactive ketones (excluding diaryl/α,β-unsaturated/α-hetero) is 1. The standard InChI is InChI=1S/C11H18O3/c1-2-3-4-5-8-9(11(13)14)6-7-10(8)12/h8-9H,2-7H2,1H3,(H,13,14). The number of rotatable bonds is 5. The molecule has 0 amide bonds. The normalized spacial score (nSPS) is 26.8. The van der Waals surface area contributed by atoms with Crippen LogP contribution in [0.5, 0.6) is 0 Å². The molecular weight excluding hydrogens is 180 g/mol. The van der Waals surface area contributed by atoms with Gasteiger partial charge in [-0.2, -0.15) is 0 Å². The summed E-state index contributed by atoms with van der Waals surface area (Å²) in [5.41, 5.74) is 0. The van der Waals surface area contributed by atoms with Crippen LogP contribution in [0.15, 0.2) is 0 Å². The second kappa shape index (κ2) is 5.13. The van der Waals surface area contributed by atoms with Crippen LogP contribution in [0.4, 0.5) is 0 Å². The van der Waals surface area contributed by atoms with Gasteiger partial charge in [0.05, 0.1) is 5.92 Å². The number of unbranched alkanes of at least 4 members (excludes halogenated alkanes) is 2. The number of aliphatic carboxylic acids is 1. The van der Waals surface area contributed by atoms with Gasteiger partial charge in [0.2, 0.25) is 0 Å². The van der Waals surface area contributed by atoms with Crippen molar-refractivity contribution in [2.24, 2.45) is 11.8 Å². The van der Waals surface area contributed by atoms with E-state index in [9.17, 15) is 9.59 Å². The van der Waals surface area contributed by atoms with Crippen molar-refractivity contribution in [1.29, 1.82) is 0 Å². The Morgan fingerprint density at radius 2 is 2.21 bits per heavy atom. The van der Waals surface area contributed by atoms with Gasteiger partial charge in [0.25, 0.3) is 0 Å². The lowest BCUT2D eigenvalue weighted by Gasteiger charge is -2.13. The molecule has 0 bridgehead atoms. The highest BCUT2D eigenvalue weighted by Gasteiger charge is 2.38. The minimum atomic E-state index is -0.794. The third-order valence-electron chi connectivity index (χ3n) is 3.04. The fourth-order valence-electron chi connectivity index (χ4n) is 2.18. The van der Waals surface area contributed by atoms with E-state index in [1.807, 2.05) is 0 Å². The second-order valence-electron chi connectivity index (χ2n) is 4.05. The third-order valence-corrected chi connectivity index (χ3v) is 3.04. The van der Waals surface area contributed by atoms with Gasteiger partial charge < -0.3 is 5.11 Å². The van der Waals surface area contributed by atoms with Crippen molar-refractivity contribution in [3.63, 3.8) is 0 Å². The van der Waals surface area contributed by atoms with Crippen LogP contribution in [0.3, 0.4) is 0 Å². The summed E-state index contributed by atoms with van der Waals surface area (Å²) in [6.07, 6.45) is 4.97. The maximum Gasteiger partial charge on any atom is 0.307 e. The molecule has 0 saturated heterocycles. The van der Waals surface area contributed by atoms with Gasteiger partial charge in [-0.25, -0.2) is 0 Å². The maximum atomic E-state index is 11.4. The Morgan fingerprint density at radius 1 is 1.50 bits per heavy atom. The Labute approximate surface area is 84.5 Å². The van der Waals surface area contributed by atoms with Crippen molar-refractivity contribution < 1.29 is 14.7 Å². The first-order chi connectivity index (χ1) is 6.66. The van der Waals surface area contributed by atoms with Crippen LogP contribution in [0.1, 0.15) is 45.4 Å². The number of hydrogen-bond donors (Lipinski definition) is 1. The first-order valence-electron chi connectivity index (χ1n) is 5.42. The molecule has 1 aliphatic carbocycles. The molecule has 0 aromatic carbocycles. The van der Waals surface area contributed by atoms with Gasteiger partial charge in [0, 0.05) is 12.3 Å². The first kappa shape index (κ1) is 11.2. The Bertz CT molecular complexity index is 223. The van der Waals surface area contributed by atoms with Gasteiger partial charge in [-0.1, -0.05) is 26.2 Å². The zero-order valence-corrected chi connectivity index (χ0v) is 8.66. The van der Waals surface area contributed by atoms with Gasteiger partial charge in [0.15, 0.2) is 0 Å². The van der Waals surface area contributed by atoms with E-state index in [1.165, 1.54) is 0 Å². The zero-order valence-electron chi connectivity index (χ0n) is 8.66. The van der Waals surface area contributed by atoms with E-state index >= 15 is 0 Å². The molecule has 0 aromatic heterocycles. The van der Waals surface area contributed by atoms with Crippen LogP contribution in [0, 0.1) is 11.8 Å². The minimum Gasteiger partial charge on any atom is -0.481 e. The summed E-state index contributed by atoms with van der Waals surface area (Å²) >= 11 is 0. The van der Waals surface area contributed by atoms with Crippen LogP contribution < -0.4 is 0 Å². The smallest absolute Gasteiger partial charge is 0.307 e. The van der Waals surface area contributed by atoms with E-state index in [4.69, 9.17) is 5.11 Å². The number of carboxylic acids is 1. The fraction of sp³-hybridized carbons (Fsp3) is 0.818. The van der Waals surface area contributed by atoms with Crippen LogP contribution in [0.25, 0.3) is 0 Å². The van der Waals surface area contributed by atoms with Crippen molar-refractivity contribution in [3.05, 3.63) is 0 Å². The summed E-state index contributed by atoms with van der Waals surface area (Å²) in [6, 6.07) is 0. The van der Waals surface area contributed by atoms with Crippen LogP contribution in [-0.4, -0.2) is 16.9 Å². The SMILES string of the molecule is CCCCCC1C(=O)CCC1C(=O)O. The molecule has 3 heteroatoms. The fourth-order valence-corrected chi connectivity index (χ4v) is 2.18. The molecule has 1 aliphatic rings. The van der Waals surface area contributed by atoms with Crippen molar-refractivity contribution >= 4 is 11.8 Å². The van der Waals surface area contributed by atoms with Gasteiger partial charge in [-0.3, -0.25) is 9.59 Å². The molecular formula is C11H18O3. The van der Waals surface area contributed by atoms with E-state index < -0.39 is 11.9 Å². The van der Waals surface area contributed by atoms with E-state index in [2.05, 4.69) is 6.92 Å². The molecule has 2 atom stereocenters. The van der Waals surface area contributed by atoms with Crippen LogP contribution in [-0.2, 0) is 9.59 Å². The van der Waals surface area contributed by atoms with Crippen LogP contribution in [0.2, 0.25) is 0 Å². The first-order valence-corrected chi connectivity index (χ1v) is 5.42. The Balaban J connectivity index is 2.45. The minimum absolute atomic E-state index is 0.161. The number of ketones is 1. The van der Waals surface area contributed by atoms with E-state index in [1.54, 1.807) is 0 Å². The molecule has 0 aliphatic heterocycles. The number of carbonyl (C=O) groups is 2. The Kier molecular flexibility index (Phi) is 4.11. The molecule has 0 heterocycles. The number of carbonyl (C=O) groups excluding carboxylic acids is 1. The molecule has 2 unspecified atom stereocenters. The molecule has 3 nitrogen and oxygen atoms in total. The largest absolute Gasteiger partial charge is 0.481 e. The monoisotopic (exact) mass is 198 g/mol. The summed E-state index contributed by atoms with van der Waals surface area (Å²) in [5.74, 6) is -1.23. The molecule has 1 N–H and O–H groups in total. The summed E-state index contributed by atoms with van der Waals surface area (Å²) in [7, 11) is 0. The van der Waals surface area contributed by atoms with E-state index in [0.29, 0.717) is 12.8 Å². The zero-order chi connectivity index (χ0) is 10.6. The quantitative estimate of drug-likeness (QED) is 0.689. The Morgan fingerprint density at radius 3 is 2.79 bits per heavy atom. The summed E-state index contributed by atoms with van der Waals surface area (Å²) < 4.78 is 0. The third kappa shape index (κ3) is 2.56. The lowest BCUT2D eigenvalue weighted by molar-refractivity contribution is -0.144. The van der Waals surface area contributed by atoms with Crippen LogP contribution >= 0.6 is 0 Å². The van der Waals surface area contributed by atoms with Gasteiger partial charge in [-0.05, 0) is 12.8 Å². The molecule has 80 valence electrons. The van der Waals surface area contributed by atoms with E-state index in [0.717, 1.165) is 25.7 Å². The predicted octanol–water partition coefficient (Wildman–Crippen LogP) is 2.25. The summed E-state index contributed by atoms with van der Waals surface area (Å²) in [4.78, 5) is 22.3. The average Bonchev–Trinajstić information content (AvgIpc) is 2.48. The van der Waals surface area contributed by atoms with Gasteiger partial charge in [0.1, 0.15) is 5.78 Å². The summed E-state index contributed by atoms with van der Waals surface area (Å²) in [6.45, 7) is 2.10. The Hall–Kier alpha value is -0.860. The number of hydrogen-bond acceptors (Lipinski definition) is 2. The van der Waals surface area contributed by atoms with Gasteiger partial charge >= 0.3 is 5.97 Å². The second-order valence-corrected chi connectivity index (χ2v) is 4.05. The van der Waals surface area contributed by atoms with Gasteiger partial charge in [-0.15, -0.1) is 0 Å². The number of carboxylic acid groups (broad SMARTS) is 1. The molecule has 0 radical (unpaired) electrons. The van der Waals surface area contributed by atoms with Crippen molar-refractivity contribution in [2.75, 3.05) is 0 Å². The van der Waals surface area contributed by atoms with Crippen molar-refractivity contribution in [3.8, 4) is 0 Å². The predicted molar refractivity (Wildman–Crippen MR) is 53.0 cm³/mol. The lowest BCUT2D eigenvalue weighted by Crippen LogP contribution is -2.22. The lowest BCUT2D eigenvalue weighted by atomic mass is 9.90. The molecule has 0 aromatic rings. The molecule has 1 rings (SSSR count).